The van der Waals surface area contributed by atoms with Gasteiger partial charge in [0.2, 0.25) is 0 Å². The number of nitrogens with zero attached hydrogens (tertiary/aromatic N) is 1. The largest absolute Gasteiger partial charge is 0.573 e. The van der Waals surface area contributed by atoms with E-state index in [-0.39, 0.29) is 6.04 Å². The summed E-state index contributed by atoms with van der Waals surface area (Å²) >= 11 is 0. The quantitative estimate of drug-likeness (QED) is 0.808. The molecular formula is C18H18F4N2O. The number of hydrogen-bond donors (Lipinski definition) is 1. The summed E-state index contributed by atoms with van der Waals surface area (Å²) in [7, 11) is 0. The summed E-state index contributed by atoms with van der Waals surface area (Å²) in [6.07, 6.45) is 0.592. The summed E-state index contributed by atoms with van der Waals surface area (Å²) < 4.78 is 54.2. The number of halogens is 4. The molecule has 0 spiro atoms. The highest BCUT2D eigenvalue weighted by Crippen LogP contribution is 2.34. The van der Waals surface area contributed by atoms with Crippen LogP contribution in [0.5, 0.6) is 5.75 Å². The molecular weight excluding hydrogens is 336 g/mol. The molecule has 0 atom stereocenters. The summed E-state index contributed by atoms with van der Waals surface area (Å²) in [4.78, 5) is 4.21. The highest BCUT2D eigenvalue weighted by atomic mass is 19.4. The number of aromatic nitrogens is 1. The van der Waals surface area contributed by atoms with E-state index >= 15 is 0 Å². The van der Waals surface area contributed by atoms with Gasteiger partial charge in [0.15, 0.2) is 11.6 Å². The fourth-order valence-corrected chi connectivity index (χ4v) is 3.18. The first-order chi connectivity index (χ1) is 11.8. The summed E-state index contributed by atoms with van der Waals surface area (Å²) in [6, 6.07) is 7.36. The van der Waals surface area contributed by atoms with Gasteiger partial charge in [0.05, 0.1) is 5.69 Å². The molecule has 0 aliphatic heterocycles. The zero-order valence-corrected chi connectivity index (χ0v) is 13.4. The maximum absolute atomic E-state index is 13.9. The van der Waals surface area contributed by atoms with Gasteiger partial charge in [-0.25, -0.2) is 4.39 Å². The van der Waals surface area contributed by atoms with Crippen LogP contribution in [0.1, 0.15) is 37.2 Å². The number of nitrogens with two attached hydrogens (primary N) is 1. The third kappa shape index (κ3) is 4.48. The number of pyridine rings is 1. The van der Waals surface area contributed by atoms with Crippen LogP contribution in [0.4, 0.5) is 17.6 Å². The van der Waals surface area contributed by atoms with E-state index in [0.717, 1.165) is 43.4 Å². The predicted octanol–water partition coefficient (Wildman–Crippen LogP) is 4.77. The van der Waals surface area contributed by atoms with Crippen molar-refractivity contribution in [3.05, 3.63) is 47.9 Å². The first-order valence-corrected chi connectivity index (χ1v) is 8.09. The summed E-state index contributed by atoms with van der Waals surface area (Å²) in [5.41, 5.74) is 7.94. The molecule has 0 amide bonds. The van der Waals surface area contributed by atoms with Crippen molar-refractivity contribution in [1.29, 1.82) is 0 Å². The summed E-state index contributed by atoms with van der Waals surface area (Å²) in [6.45, 7) is 0. The Balaban J connectivity index is 1.82. The normalized spacial score (nSPS) is 21.2. The number of hydrogen-bond acceptors (Lipinski definition) is 3. The maximum Gasteiger partial charge on any atom is 0.573 e. The zero-order valence-electron chi connectivity index (χ0n) is 13.4. The van der Waals surface area contributed by atoms with Gasteiger partial charge < -0.3 is 10.5 Å². The molecule has 1 saturated carbocycles. The van der Waals surface area contributed by atoms with Gasteiger partial charge in [0.25, 0.3) is 0 Å². The van der Waals surface area contributed by atoms with Crippen LogP contribution in [-0.2, 0) is 0 Å². The molecule has 1 fully saturated rings. The van der Waals surface area contributed by atoms with E-state index in [2.05, 4.69) is 9.72 Å². The Kier molecular flexibility index (Phi) is 4.94. The lowest BCUT2D eigenvalue weighted by atomic mass is 9.82. The number of rotatable bonds is 3. The number of benzene rings is 1. The second-order valence-corrected chi connectivity index (χ2v) is 6.28. The fourth-order valence-electron chi connectivity index (χ4n) is 3.18. The van der Waals surface area contributed by atoms with E-state index in [0.29, 0.717) is 17.2 Å². The van der Waals surface area contributed by atoms with Crippen molar-refractivity contribution in [1.82, 2.24) is 4.98 Å². The van der Waals surface area contributed by atoms with Gasteiger partial charge in [-0.3, -0.25) is 4.98 Å². The SMILES string of the molecule is NC1CCC(c2ccnc(-c3ccc(OC(F)(F)F)c(F)c3)c2)CC1. The van der Waals surface area contributed by atoms with Crippen molar-refractivity contribution in [2.24, 2.45) is 5.73 Å². The Hall–Kier alpha value is -2.15. The average molecular weight is 354 g/mol. The lowest BCUT2D eigenvalue weighted by molar-refractivity contribution is -0.275. The lowest BCUT2D eigenvalue weighted by Crippen LogP contribution is -2.25. The van der Waals surface area contributed by atoms with E-state index in [1.165, 1.54) is 6.07 Å². The van der Waals surface area contributed by atoms with Crippen molar-refractivity contribution in [3.63, 3.8) is 0 Å². The lowest BCUT2D eigenvalue weighted by Gasteiger charge is -2.26. The van der Waals surface area contributed by atoms with Gasteiger partial charge in [0.1, 0.15) is 0 Å². The molecule has 1 aliphatic rings. The molecule has 3 nitrogen and oxygen atoms in total. The van der Waals surface area contributed by atoms with Crippen LogP contribution in [0, 0.1) is 5.82 Å². The molecule has 1 aliphatic carbocycles. The van der Waals surface area contributed by atoms with Crippen LogP contribution in [0.3, 0.4) is 0 Å². The van der Waals surface area contributed by atoms with Crippen LogP contribution < -0.4 is 10.5 Å². The van der Waals surface area contributed by atoms with Crippen LogP contribution in [0.2, 0.25) is 0 Å². The van der Waals surface area contributed by atoms with Gasteiger partial charge in [-0.05, 0) is 67.5 Å². The molecule has 1 aromatic carbocycles. The smallest absolute Gasteiger partial charge is 0.403 e. The molecule has 2 N–H and O–H groups in total. The third-order valence-corrected chi connectivity index (χ3v) is 4.48. The van der Waals surface area contributed by atoms with Crippen molar-refractivity contribution in [3.8, 4) is 17.0 Å². The Morgan fingerprint density at radius 3 is 2.40 bits per heavy atom. The van der Waals surface area contributed by atoms with Gasteiger partial charge in [-0.2, -0.15) is 0 Å². The van der Waals surface area contributed by atoms with Gasteiger partial charge in [0, 0.05) is 17.8 Å². The minimum Gasteiger partial charge on any atom is -0.403 e. The average Bonchev–Trinajstić information content (AvgIpc) is 2.56. The molecule has 7 heteroatoms. The minimum atomic E-state index is -4.93. The van der Waals surface area contributed by atoms with Crippen LogP contribution >= 0.6 is 0 Å². The molecule has 0 radical (unpaired) electrons. The number of alkyl halides is 3. The van der Waals surface area contributed by atoms with E-state index in [9.17, 15) is 17.6 Å². The second kappa shape index (κ2) is 7.00. The Morgan fingerprint density at radius 1 is 1.04 bits per heavy atom. The Bertz CT molecular complexity index is 740. The van der Waals surface area contributed by atoms with Gasteiger partial charge >= 0.3 is 6.36 Å². The van der Waals surface area contributed by atoms with Crippen LogP contribution in [-0.4, -0.2) is 17.4 Å². The molecule has 0 bridgehead atoms. The molecule has 134 valence electrons. The first kappa shape index (κ1) is 17.7. The van der Waals surface area contributed by atoms with E-state index in [4.69, 9.17) is 5.73 Å². The number of ether oxygens (including phenoxy) is 1. The molecule has 25 heavy (non-hydrogen) atoms. The molecule has 3 rings (SSSR count). The van der Waals surface area contributed by atoms with Crippen molar-refractivity contribution in [2.75, 3.05) is 0 Å². The highest BCUT2D eigenvalue weighted by Gasteiger charge is 2.32. The second-order valence-electron chi connectivity index (χ2n) is 6.28. The third-order valence-electron chi connectivity index (χ3n) is 4.48. The minimum absolute atomic E-state index is 0.243. The summed E-state index contributed by atoms with van der Waals surface area (Å²) in [5, 5.41) is 0. The van der Waals surface area contributed by atoms with E-state index in [1.807, 2.05) is 12.1 Å². The van der Waals surface area contributed by atoms with Gasteiger partial charge in [-0.1, -0.05) is 0 Å². The topological polar surface area (TPSA) is 48.1 Å². The van der Waals surface area contributed by atoms with Crippen LogP contribution in [0.25, 0.3) is 11.3 Å². The summed E-state index contributed by atoms with van der Waals surface area (Å²) in [5.74, 6) is -1.56. The Morgan fingerprint density at radius 2 is 1.76 bits per heavy atom. The van der Waals surface area contributed by atoms with Gasteiger partial charge in [-0.15, -0.1) is 13.2 Å². The molecule has 2 aromatic rings. The van der Waals surface area contributed by atoms with Crippen molar-refractivity contribution >= 4 is 0 Å². The highest BCUT2D eigenvalue weighted by molar-refractivity contribution is 5.61. The molecule has 1 aromatic heterocycles. The first-order valence-electron chi connectivity index (χ1n) is 8.09. The maximum atomic E-state index is 13.9. The van der Waals surface area contributed by atoms with Crippen LogP contribution in [0.15, 0.2) is 36.5 Å². The standard InChI is InChI=1S/C18H18F4N2O/c19-15-9-13(3-6-17(15)25-18(20,21)22)16-10-12(7-8-24-16)11-1-4-14(23)5-2-11/h3,6-11,14H,1-2,4-5,23H2. The van der Waals surface area contributed by atoms with Crippen molar-refractivity contribution in [2.45, 2.75) is 44.0 Å². The molecule has 0 unspecified atom stereocenters. The predicted molar refractivity (Wildman–Crippen MR) is 85.5 cm³/mol. The van der Waals surface area contributed by atoms with E-state index in [1.54, 1.807) is 6.20 Å². The fraction of sp³-hybridized carbons (Fsp3) is 0.389. The molecule has 0 saturated heterocycles. The zero-order chi connectivity index (χ0) is 18.0. The molecule has 1 heterocycles. The monoisotopic (exact) mass is 354 g/mol. The Labute approximate surface area is 142 Å². The van der Waals surface area contributed by atoms with E-state index < -0.39 is 17.9 Å². The van der Waals surface area contributed by atoms with Crippen molar-refractivity contribution < 1.29 is 22.3 Å².